The molecule has 2 aliphatic rings. The van der Waals surface area contributed by atoms with E-state index in [2.05, 4.69) is 55.0 Å². The fourth-order valence-electron chi connectivity index (χ4n) is 7.11. The van der Waals surface area contributed by atoms with E-state index in [1.54, 1.807) is 18.9 Å². The minimum absolute atomic E-state index is 0.889. The largest absolute Gasteiger partial charge is 0.0687 e. The van der Waals surface area contributed by atoms with Crippen LogP contribution >= 0.6 is 0 Å². The molecule has 2 aliphatic carbocycles. The number of rotatable bonds is 6. The van der Waals surface area contributed by atoms with Crippen molar-refractivity contribution in [2.45, 2.75) is 117 Å². The summed E-state index contributed by atoms with van der Waals surface area (Å²) in [7, 11) is -1.28. The topological polar surface area (TPSA) is 0 Å². The maximum absolute atomic E-state index is 2.88. The highest BCUT2D eigenvalue weighted by Gasteiger charge is 2.51. The molecule has 6 unspecified atom stereocenters. The van der Waals surface area contributed by atoms with E-state index < -0.39 is 8.07 Å². The summed E-state index contributed by atoms with van der Waals surface area (Å²) in [6, 6.07) is 1.59. The molecule has 25 heavy (non-hydrogen) atoms. The van der Waals surface area contributed by atoms with Gasteiger partial charge < -0.3 is 0 Å². The lowest BCUT2D eigenvalue weighted by Gasteiger charge is -2.55. The molecule has 148 valence electrons. The second kappa shape index (κ2) is 8.94. The molecule has 0 aromatic carbocycles. The van der Waals surface area contributed by atoms with Gasteiger partial charge in [-0.1, -0.05) is 80.3 Å². The smallest absolute Gasteiger partial charge is 0.0572 e. The molecule has 0 amide bonds. The third-order valence-corrected chi connectivity index (χ3v) is 14.8. The highest BCUT2D eigenvalue weighted by Crippen LogP contribution is 2.58. The molecule has 6 atom stereocenters. The molecule has 0 aliphatic heterocycles. The number of hydrogen-bond donors (Lipinski definition) is 0. The molecule has 2 saturated carbocycles. The van der Waals surface area contributed by atoms with E-state index in [9.17, 15) is 0 Å². The zero-order chi connectivity index (χ0) is 18.8. The van der Waals surface area contributed by atoms with E-state index in [1.807, 2.05) is 0 Å². The van der Waals surface area contributed by atoms with Crippen molar-refractivity contribution in [1.29, 1.82) is 0 Å². The van der Waals surface area contributed by atoms with Crippen molar-refractivity contribution in [3.8, 4) is 0 Å². The van der Waals surface area contributed by atoms with Gasteiger partial charge in [0.15, 0.2) is 0 Å². The normalized spacial score (nSPS) is 39.6. The summed E-state index contributed by atoms with van der Waals surface area (Å²) in [6.07, 6.45) is 10.6. The average Bonchev–Trinajstić information content (AvgIpc) is 2.54. The first-order valence-corrected chi connectivity index (χ1v) is 14.6. The summed E-state index contributed by atoms with van der Waals surface area (Å²) in [6.45, 7) is 20.6. The second-order valence-electron chi connectivity index (χ2n) is 11.1. The molecular weight excluding hydrogens is 316 g/mol. The lowest BCUT2D eigenvalue weighted by molar-refractivity contribution is 0.202. The van der Waals surface area contributed by atoms with Gasteiger partial charge >= 0.3 is 0 Å². The van der Waals surface area contributed by atoms with Crippen LogP contribution in [0.1, 0.15) is 93.4 Å². The van der Waals surface area contributed by atoms with Crippen LogP contribution in [-0.4, -0.2) is 8.07 Å². The minimum Gasteiger partial charge on any atom is -0.0687 e. The monoisotopic (exact) mass is 364 g/mol. The Labute approximate surface area is 161 Å². The third-order valence-electron chi connectivity index (χ3n) is 8.53. The first-order chi connectivity index (χ1) is 11.7. The van der Waals surface area contributed by atoms with Gasteiger partial charge in [0.1, 0.15) is 0 Å². The van der Waals surface area contributed by atoms with Crippen LogP contribution in [0.4, 0.5) is 0 Å². The van der Waals surface area contributed by atoms with Gasteiger partial charge in [0, 0.05) is 0 Å². The van der Waals surface area contributed by atoms with Crippen molar-refractivity contribution in [3.05, 3.63) is 0 Å². The first-order valence-electron chi connectivity index (χ1n) is 11.7. The summed E-state index contributed by atoms with van der Waals surface area (Å²) in [5, 5.41) is 0. The molecule has 2 rings (SSSR count). The van der Waals surface area contributed by atoms with Gasteiger partial charge in [-0.3, -0.25) is 0 Å². The molecular formula is C24H48Si. The van der Waals surface area contributed by atoms with Gasteiger partial charge in [-0.15, -0.1) is 0 Å². The molecule has 0 spiro atoms. The lowest BCUT2D eigenvalue weighted by Crippen LogP contribution is -2.51. The third kappa shape index (κ3) is 4.74. The Kier molecular flexibility index (Phi) is 7.69. The van der Waals surface area contributed by atoms with Crippen molar-refractivity contribution in [2.24, 2.45) is 35.5 Å². The van der Waals surface area contributed by atoms with Crippen molar-refractivity contribution in [1.82, 2.24) is 0 Å². The quantitative estimate of drug-likeness (QED) is 0.415. The lowest BCUT2D eigenvalue weighted by atomic mass is 9.76. The number of hydrogen-bond acceptors (Lipinski definition) is 0. The molecule has 0 bridgehead atoms. The highest BCUT2D eigenvalue weighted by molar-refractivity contribution is 6.81. The van der Waals surface area contributed by atoms with Gasteiger partial charge in [0.25, 0.3) is 0 Å². The molecule has 0 radical (unpaired) electrons. The maximum atomic E-state index is 2.88. The average molecular weight is 365 g/mol. The Morgan fingerprint density at radius 2 is 1.16 bits per heavy atom. The Morgan fingerprint density at radius 3 is 1.48 bits per heavy atom. The van der Waals surface area contributed by atoms with E-state index in [-0.39, 0.29) is 0 Å². The van der Waals surface area contributed by atoms with Crippen LogP contribution in [-0.2, 0) is 0 Å². The SMILES string of the molecule is CCC[Si](C)(C1CC(C)CCC1C(C)C)C1CC(C)CCC1C(C)C. The molecule has 1 heteroatoms. The van der Waals surface area contributed by atoms with Crippen molar-refractivity contribution in [3.63, 3.8) is 0 Å². The van der Waals surface area contributed by atoms with Crippen molar-refractivity contribution in [2.75, 3.05) is 0 Å². The zero-order valence-corrected chi connectivity index (χ0v) is 19.8. The first kappa shape index (κ1) is 21.5. The molecule has 0 saturated heterocycles. The van der Waals surface area contributed by atoms with Gasteiger partial charge in [-0.2, -0.15) is 0 Å². The Balaban J connectivity index is 2.39. The molecule has 2 fully saturated rings. The van der Waals surface area contributed by atoms with Crippen LogP contribution < -0.4 is 0 Å². The predicted octanol–water partition coefficient (Wildman–Crippen LogP) is 8.40. The summed E-state index contributed by atoms with van der Waals surface area (Å²) in [5.41, 5.74) is 2.18. The van der Waals surface area contributed by atoms with Crippen LogP contribution in [0.15, 0.2) is 0 Å². The van der Waals surface area contributed by atoms with E-state index in [1.165, 1.54) is 32.1 Å². The Bertz CT molecular complexity index is 367. The van der Waals surface area contributed by atoms with Crippen LogP contribution in [0, 0.1) is 35.5 Å². The highest BCUT2D eigenvalue weighted by atomic mass is 28.3. The Morgan fingerprint density at radius 1 is 0.760 bits per heavy atom. The predicted molar refractivity (Wildman–Crippen MR) is 117 cm³/mol. The van der Waals surface area contributed by atoms with E-state index >= 15 is 0 Å². The van der Waals surface area contributed by atoms with Crippen LogP contribution in [0.5, 0.6) is 0 Å². The molecule has 0 aromatic heterocycles. The zero-order valence-electron chi connectivity index (χ0n) is 18.8. The maximum Gasteiger partial charge on any atom is 0.0572 e. The van der Waals surface area contributed by atoms with Crippen molar-refractivity contribution < 1.29 is 0 Å². The molecule has 0 aromatic rings. The van der Waals surface area contributed by atoms with Gasteiger partial charge in [0.05, 0.1) is 8.07 Å². The Hall–Kier alpha value is 0.217. The minimum atomic E-state index is -1.28. The van der Waals surface area contributed by atoms with Crippen LogP contribution in [0.2, 0.25) is 23.7 Å². The summed E-state index contributed by atoms with van der Waals surface area (Å²) >= 11 is 0. The summed E-state index contributed by atoms with van der Waals surface area (Å²) in [4.78, 5) is 0. The van der Waals surface area contributed by atoms with Gasteiger partial charge in [0.2, 0.25) is 0 Å². The fourth-order valence-corrected chi connectivity index (χ4v) is 14.4. The van der Waals surface area contributed by atoms with E-state index in [0.29, 0.717) is 0 Å². The van der Waals surface area contributed by atoms with E-state index in [4.69, 9.17) is 0 Å². The molecule has 0 nitrogen and oxygen atoms in total. The van der Waals surface area contributed by atoms with Crippen LogP contribution in [0.25, 0.3) is 0 Å². The van der Waals surface area contributed by atoms with E-state index in [0.717, 1.165) is 46.6 Å². The van der Waals surface area contributed by atoms with Gasteiger partial charge in [-0.25, -0.2) is 0 Å². The molecule has 0 N–H and O–H groups in total. The fraction of sp³-hybridized carbons (Fsp3) is 1.00. The molecule has 0 heterocycles. The van der Waals surface area contributed by atoms with Gasteiger partial charge in [-0.05, 0) is 72.3 Å². The standard InChI is InChI=1S/C24H48Si/c1-9-14-25(8,23-15-19(6)10-12-21(23)17(2)3)24-16-20(7)11-13-22(24)18(4)5/h17-24H,9-16H2,1-8H3. The summed E-state index contributed by atoms with van der Waals surface area (Å²) in [5.74, 6) is 5.76. The van der Waals surface area contributed by atoms with Crippen LogP contribution in [0.3, 0.4) is 0 Å². The second-order valence-corrected chi connectivity index (χ2v) is 16.1. The summed E-state index contributed by atoms with van der Waals surface area (Å²) < 4.78 is 0. The van der Waals surface area contributed by atoms with Crippen molar-refractivity contribution >= 4 is 8.07 Å².